The van der Waals surface area contributed by atoms with Gasteiger partial charge in [0.05, 0.1) is 11.7 Å². The van der Waals surface area contributed by atoms with E-state index in [-0.39, 0.29) is 6.04 Å². The molecule has 0 bridgehead atoms. The first-order chi connectivity index (χ1) is 8.99. The van der Waals surface area contributed by atoms with Gasteiger partial charge in [-0.1, -0.05) is 22.0 Å². The van der Waals surface area contributed by atoms with Gasteiger partial charge in [0.1, 0.15) is 0 Å². The molecule has 2 aromatic rings. The molecule has 0 fully saturated rings. The molecule has 0 spiro atoms. The van der Waals surface area contributed by atoms with Crippen molar-refractivity contribution < 1.29 is 0 Å². The van der Waals surface area contributed by atoms with Crippen LogP contribution in [-0.4, -0.2) is 9.78 Å². The van der Waals surface area contributed by atoms with Crippen LogP contribution in [0.4, 0.5) is 0 Å². The number of nitrogens with zero attached hydrogens (tertiary/aromatic N) is 2. The molecule has 1 unspecified atom stereocenters. The quantitative estimate of drug-likeness (QED) is 0.672. The van der Waals surface area contributed by atoms with Crippen LogP contribution >= 0.6 is 15.9 Å². The van der Waals surface area contributed by atoms with Crippen LogP contribution in [0.15, 0.2) is 28.7 Å². The molecular weight excluding hydrogens is 304 g/mol. The highest BCUT2D eigenvalue weighted by atomic mass is 79.9. The van der Waals surface area contributed by atoms with E-state index in [1.54, 1.807) is 0 Å². The molecule has 2 rings (SSSR count). The van der Waals surface area contributed by atoms with Crippen molar-refractivity contribution in [2.75, 3.05) is 0 Å². The molecule has 0 saturated heterocycles. The Morgan fingerprint density at radius 1 is 1.32 bits per heavy atom. The normalized spacial score (nSPS) is 12.7. The lowest BCUT2D eigenvalue weighted by atomic mass is 10.0. The molecule has 0 aliphatic carbocycles. The van der Waals surface area contributed by atoms with Crippen molar-refractivity contribution in [3.8, 4) is 0 Å². The molecule has 0 aliphatic rings. The van der Waals surface area contributed by atoms with E-state index in [9.17, 15) is 0 Å². The fraction of sp³-hybridized carbons (Fsp3) is 0.357. The van der Waals surface area contributed by atoms with Gasteiger partial charge >= 0.3 is 0 Å². The first-order valence-electron chi connectivity index (χ1n) is 6.22. The van der Waals surface area contributed by atoms with E-state index in [1.807, 2.05) is 18.7 Å². The highest BCUT2D eigenvalue weighted by molar-refractivity contribution is 9.10. The topological polar surface area (TPSA) is 55.9 Å². The zero-order valence-electron chi connectivity index (χ0n) is 11.4. The lowest BCUT2D eigenvalue weighted by Gasteiger charge is -2.17. The van der Waals surface area contributed by atoms with E-state index in [0.29, 0.717) is 0 Å². The minimum Gasteiger partial charge on any atom is -0.272 e. The highest BCUT2D eigenvalue weighted by Crippen LogP contribution is 2.23. The second-order valence-corrected chi connectivity index (χ2v) is 5.80. The molecule has 19 heavy (non-hydrogen) atoms. The van der Waals surface area contributed by atoms with Crippen molar-refractivity contribution >= 4 is 15.9 Å². The second kappa shape index (κ2) is 5.86. The van der Waals surface area contributed by atoms with Gasteiger partial charge in [0.15, 0.2) is 0 Å². The standard InChI is InChI=1S/C14H19BrN4/c1-9-4-11(7-12(15)5-9)14(17-16)8-13-6-10(2)18-19(13)3/h4-7,14,17H,8,16H2,1-3H3. The zero-order chi connectivity index (χ0) is 14.0. The van der Waals surface area contributed by atoms with Gasteiger partial charge in [-0.05, 0) is 43.2 Å². The SMILES string of the molecule is Cc1cc(Br)cc(C(Cc2cc(C)nn2C)NN)c1. The first kappa shape index (κ1) is 14.2. The summed E-state index contributed by atoms with van der Waals surface area (Å²) in [6.07, 6.45) is 0.809. The third kappa shape index (κ3) is 3.43. The van der Waals surface area contributed by atoms with Crippen molar-refractivity contribution in [1.29, 1.82) is 0 Å². The number of rotatable bonds is 4. The molecule has 1 heterocycles. The Labute approximate surface area is 122 Å². The lowest BCUT2D eigenvalue weighted by molar-refractivity contribution is 0.529. The summed E-state index contributed by atoms with van der Waals surface area (Å²) in [5.41, 5.74) is 7.48. The van der Waals surface area contributed by atoms with Crippen LogP contribution in [-0.2, 0) is 13.5 Å². The number of nitrogens with two attached hydrogens (primary N) is 1. The number of nitrogens with one attached hydrogen (secondary N) is 1. The predicted molar refractivity (Wildman–Crippen MR) is 80.6 cm³/mol. The average molecular weight is 323 g/mol. The van der Waals surface area contributed by atoms with Gasteiger partial charge in [0, 0.05) is 23.6 Å². The van der Waals surface area contributed by atoms with E-state index in [0.717, 1.165) is 22.3 Å². The average Bonchev–Trinajstić information content (AvgIpc) is 2.63. The summed E-state index contributed by atoms with van der Waals surface area (Å²) < 4.78 is 2.98. The van der Waals surface area contributed by atoms with Gasteiger partial charge in [0.25, 0.3) is 0 Å². The molecule has 0 radical (unpaired) electrons. The number of aryl methyl sites for hydroxylation is 3. The largest absolute Gasteiger partial charge is 0.272 e. The van der Waals surface area contributed by atoms with Gasteiger partial charge in [0.2, 0.25) is 0 Å². The Kier molecular flexibility index (Phi) is 4.39. The summed E-state index contributed by atoms with van der Waals surface area (Å²) in [5, 5.41) is 4.37. The van der Waals surface area contributed by atoms with Crippen molar-refractivity contribution in [3.63, 3.8) is 0 Å². The Hall–Kier alpha value is -1.17. The number of hydrogen-bond acceptors (Lipinski definition) is 3. The lowest BCUT2D eigenvalue weighted by Crippen LogP contribution is -2.30. The van der Waals surface area contributed by atoms with Crippen molar-refractivity contribution in [3.05, 3.63) is 51.3 Å². The Bertz CT molecular complexity index is 557. The van der Waals surface area contributed by atoms with E-state index < -0.39 is 0 Å². The number of benzene rings is 1. The molecule has 3 N–H and O–H groups in total. The molecule has 1 aromatic heterocycles. The third-order valence-corrected chi connectivity index (χ3v) is 3.64. The molecule has 0 saturated carbocycles. The first-order valence-corrected chi connectivity index (χ1v) is 7.01. The van der Waals surface area contributed by atoms with Crippen molar-refractivity contribution in [2.45, 2.75) is 26.3 Å². The molecule has 4 nitrogen and oxygen atoms in total. The summed E-state index contributed by atoms with van der Waals surface area (Å²) >= 11 is 3.53. The minimum absolute atomic E-state index is 0.0750. The maximum atomic E-state index is 5.71. The van der Waals surface area contributed by atoms with Gasteiger partial charge in [-0.25, -0.2) is 0 Å². The van der Waals surface area contributed by atoms with Crippen LogP contribution in [0.5, 0.6) is 0 Å². The van der Waals surface area contributed by atoms with E-state index >= 15 is 0 Å². The number of aromatic nitrogens is 2. The second-order valence-electron chi connectivity index (χ2n) is 4.89. The molecule has 5 heteroatoms. The Morgan fingerprint density at radius 3 is 2.58 bits per heavy atom. The highest BCUT2D eigenvalue weighted by Gasteiger charge is 2.14. The summed E-state index contributed by atoms with van der Waals surface area (Å²) in [6, 6.07) is 8.51. The smallest absolute Gasteiger partial charge is 0.0596 e. The monoisotopic (exact) mass is 322 g/mol. The van der Waals surface area contributed by atoms with Gasteiger partial charge < -0.3 is 0 Å². The van der Waals surface area contributed by atoms with Crippen molar-refractivity contribution in [1.82, 2.24) is 15.2 Å². The van der Waals surface area contributed by atoms with Gasteiger partial charge in [-0.2, -0.15) is 5.10 Å². The number of hydrogen-bond donors (Lipinski definition) is 2. The van der Waals surface area contributed by atoms with Gasteiger partial charge in [-0.3, -0.25) is 16.0 Å². The molecule has 102 valence electrons. The van der Waals surface area contributed by atoms with Crippen LogP contribution < -0.4 is 11.3 Å². The predicted octanol–water partition coefficient (Wildman–Crippen LogP) is 2.55. The van der Waals surface area contributed by atoms with Crippen LogP contribution in [0.3, 0.4) is 0 Å². The third-order valence-electron chi connectivity index (χ3n) is 3.18. The van der Waals surface area contributed by atoms with Crippen LogP contribution in [0.25, 0.3) is 0 Å². The summed E-state index contributed by atoms with van der Waals surface area (Å²) in [4.78, 5) is 0. The molecule has 1 aromatic carbocycles. The van der Waals surface area contributed by atoms with E-state index in [1.165, 1.54) is 11.1 Å². The Morgan fingerprint density at radius 2 is 2.05 bits per heavy atom. The van der Waals surface area contributed by atoms with Crippen molar-refractivity contribution in [2.24, 2.45) is 12.9 Å². The maximum Gasteiger partial charge on any atom is 0.0596 e. The van der Waals surface area contributed by atoms with Crippen LogP contribution in [0, 0.1) is 13.8 Å². The van der Waals surface area contributed by atoms with Crippen LogP contribution in [0.1, 0.15) is 28.6 Å². The number of halogens is 1. The van der Waals surface area contributed by atoms with E-state index in [2.05, 4.69) is 57.6 Å². The van der Waals surface area contributed by atoms with Gasteiger partial charge in [-0.15, -0.1) is 0 Å². The summed E-state index contributed by atoms with van der Waals surface area (Å²) in [6.45, 7) is 4.08. The maximum absolute atomic E-state index is 5.71. The van der Waals surface area contributed by atoms with Crippen LogP contribution in [0.2, 0.25) is 0 Å². The number of hydrazine groups is 1. The summed E-state index contributed by atoms with van der Waals surface area (Å²) in [7, 11) is 1.96. The summed E-state index contributed by atoms with van der Waals surface area (Å²) in [5.74, 6) is 5.71. The fourth-order valence-corrected chi connectivity index (χ4v) is 2.93. The molecule has 0 amide bonds. The van der Waals surface area contributed by atoms with E-state index in [4.69, 9.17) is 5.84 Å². The zero-order valence-corrected chi connectivity index (χ0v) is 13.0. The molecule has 1 atom stereocenters. The molecule has 0 aliphatic heterocycles. The molecular formula is C14H19BrN4. The Balaban J connectivity index is 2.27. The minimum atomic E-state index is 0.0750. The fourth-order valence-electron chi connectivity index (χ4n) is 2.30.